The first kappa shape index (κ1) is 18.1. The number of aromatic amines is 1. The van der Waals surface area contributed by atoms with E-state index in [-0.39, 0.29) is 6.10 Å². The first-order valence-electron chi connectivity index (χ1n) is 10.0. The Kier molecular flexibility index (Phi) is 4.49. The number of H-pyrrole nitrogens is 1. The number of benzene rings is 1. The molecular weight excluding hydrogens is 366 g/mol. The predicted octanol–water partition coefficient (Wildman–Crippen LogP) is 3.67. The Morgan fingerprint density at radius 2 is 2.17 bits per heavy atom. The molecule has 7 nitrogen and oxygen atoms in total. The van der Waals surface area contributed by atoms with Crippen molar-refractivity contribution in [3.05, 3.63) is 47.9 Å². The summed E-state index contributed by atoms with van der Waals surface area (Å²) in [6.45, 7) is 6.96. The molecule has 0 spiro atoms. The molecule has 1 aromatic carbocycles. The number of ether oxygens (including phenoxy) is 2. The summed E-state index contributed by atoms with van der Waals surface area (Å²) < 4.78 is 13.3. The summed E-state index contributed by atoms with van der Waals surface area (Å²) >= 11 is 0. The van der Waals surface area contributed by atoms with Crippen LogP contribution in [0.3, 0.4) is 0 Å². The van der Waals surface area contributed by atoms with Crippen molar-refractivity contribution in [2.75, 3.05) is 26.8 Å². The molecule has 0 saturated carbocycles. The maximum absolute atomic E-state index is 5.97. The van der Waals surface area contributed by atoms with Gasteiger partial charge in [0, 0.05) is 35.8 Å². The van der Waals surface area contributed by atoms with Crippen LogP contribution in [-0.2, 0) is 4.74 Å². The SMILES string of the molecule is COc1cc(-c2[nH]c3ccc(C4CNCCO4)cc3c2C(C)C)cn2ncnc12. The number of fused-ring (bicyclic) bond motifs is 2. The Hall–Kier alpha value is -2.90. The van der Waals surface area contributed by atoms with Crippen molar-refractivity contribution in [3.8, 4) is 17.0 Å². The van der Waals surface area contributed by atoms with Gasteiger partial charge in [0.15, 0.2) is 11.4 Å². The van der Waals surface area contributed by atoms with Gasteiger partial charge in [0.2, 0.25) is 0 Å². The van der Waals surface area contributed by atoms with Gasteiger partial charge in [-0.25, -0.2) is 9.50 Å². The van der Waals surface area contributed by atoms with Crippen molar-refractivity contribution in [2.45, 2.75) is 25.9 Å². The lowest BCUT2D eigenvalue weighted by Crippen LogP contribution is -2.33. The van der Waals surface area contributed by atoms with Crippen LogP contribution in [0.1, 0.15) is 37.0 Å². The van der Waals surface area contributed by atoms with Crippen LogP contribution in [0.4, 0.5) is 0 Å². The van der Waals surface area contributed by atoms with Crippen molar-refractivity contribution in [1.29, 1.82) is 0 Å². The van der Waals surface area contributed by atoms with Crippen LogP contribution in [0.5, 0.6) is 5.75 Å². The maximum atomic E-state index is 5.97. The highest BCUT2D eigenvalue weighted by atomic mass is 16.5. The van der Waals surface area contributed by atoms with E-state index in [2.05, 4.69) is 52.4 Å². The van der Waals surface area contributed by atoms with Crippen LogP contribution in [0.25, 0.3) is 27.8 Å². The van der Waals surface area contributed by atoms with E-state index < -0.39 is 0 Å². The summed E-state index contributed by atoms with van der Waals surface area (Å²) in [4.78, 5) is 7.91. The van der Waals surface area contributed by atoms with Crippen LogP contribution in [0.2, 0.25) is 0 Å². The Morgan fingerprint density at radius 1 is 1.28 bits per heavy atom. The van der Waals surface area contributed by atoms with E-state index in [0.29, 0.717) is 17.3 Å². The third kappa shape index (κ3) is 3.07. The summed E-state index contributed by atoms with van der Waals surface area (Å²) in [7, 11) is 1.66. The fourth-order valence-corrected chi connectivity index (χ4v) is 4.22. The van der Waals surface area contributed by atoms with Crippen molar-refractivity contribution in [2.24, 2.45) is 0 Å². The average molecular weight is 391 g/mol. The normalized spacial score (nSPS) is 17.4. The molecule has 4 aromatic rings. The van der Waals surface area contributed by atoms with Crippen LogP contribution < -0.4 is 10.1 Å². The van der Waals surface area contributed by atoms with Crippen LogP contribution in [0.15, 0.2) is 36.8 Å². The molecule has 3 aromatic heterocycles. The maximum Gasteiger partial charge on any atom is 0.197 e. The molecule has 0 radical (unpaired) electrons. The minimum atomic E-state index is 0.0955. The van der Waals surface area contributed by atoms with Gasteiger partial charge in [-0.1, -0.05) is 19.9 Å². The minimum absolute atomic E-state index is 0.0955. The summed E-state index contributed by atoms with van der Waals surface area (Å²) in [5.41, 5.74) is 6.44. The highest BCUT2D eigenvalue weighted by molar-refractivity contribution is 5.92. The van der Waals surface area contributed by atoms with Gasteiger partial charge in [0.1, 0.15) is 6.33 Å². The fraction of sp³-hybridized carbons (Fsp3) is 0.364. The lowest BCUT2D eigenvalue weighted by molar-refractivity contribution is 0.0278. The number of pyridine rings is 1. The van der Waals surface area contributed by atoms with Crippen molar-refractivity contribution >= 4 is 16.6 Å². The van der Waals surface area contributed by atoms with Gasteiger partial charge in [-0.15, -0.1) is 0 Å². The van der Waals surface area contributed by atoms with E-state index in [1.807, 2.05) is 12.3 Å². The molecule has 2 N–H and O–H groups in total. The zero-order valence-electron chi connectivity index (χ0n) is 16.9. The quantitative estimate of drug-likeness (QED) is 0.555. The fourth-order valence-electron chi connectivity index (χ4n) is 4.22. The van der Waals surface area contributed by atoms with Crippen molar-refractivity contribution < 1.29 is 9.47 Å². The summed E-state index contributed by atoms with van der Waals surface area (Å²) in [6.07, 6.45) is 3.63. The number of morpholine rings is 1. The third-order valence-electron chi connectivity index (χ3n) is 5.59. The van der Waals surface area contributed by atoms with Gasteiger partial charge in [-0.05, 0) is 35.2 Å². The highest BCUT2D eigenvalue weighted by Gasteiger charge is 2.21. The lowest BCUT2D eigenvalue weighted by Gasteiger charge is -2.24. The molecule has 0 amide bonds. The number of rotatable bonds is 4. The highest BCUT2D eigenvalue weighted by Crippen LogP contribution is 2.38. The van der Waals surface area contributed by atoms with Crippen LogP contribution >= 0.6 is 0 Å². The zero-order chi connectivity index (χ0) is 20.0. The van der Waals surface area contributed by atoms with E-state index in [4.69, 9.17) is 9.47 Å². The molecule has 150 valence electrons. The minimum Gasteiger partial charge on any atom is -0.493 e. The zero-order valence-corrected chi connectivity index (χ0v) is 16.9. The molecular formula is C22H25N5O2. The second kappa shape index (κ2) is 7.17. The van der Waals surface area contributed by atoms with E-state index in [1.165, 1.54) is 16.5 Å². The molecule has 0 aliphatic carbocycles. The summed E-state index contributed by atoms with van der Waals surface area (Å²) in [5.74, 6) is 1.05. The predicted molar refractivity (Wildman–Crippen MR) is 112 cm³/mol. The average Bonchev–Trinajstić information content (AvgIpc) is 3.37. The standard InChI is InChI=1S/C22H25N5O2/c1-13(2)20-16-8-14(19-10-23-6-7-29-19)4-5-17(16)26-21(20)15-9-18(28-3)22-24-12-25-27(22)11-15/h4-5,8-9,11-13,19,23,26H,6-7,10H2,1-3H3. The molecule has 1 unspecified atom stereocenters. The number of nitrogens with zero attached hydrogens (tertiary/aromatic N) is 3. The van der Waals surface area contributed by atoms with Gasteiger partial charge in [-0.2, -0.15) is 5.10 Å². The molecule has 4 heterocycles. The molecule has 1 saturated heterocycles. The molecule has 5 rings (SSSR count). The van der Waals surface area contributed by atoms with Crippen molar-refractivity contribution in [1.82, 2.24) is 24.9 Å². The van der Waals surface area contributed by atoms with E-state index >= 15 is 0 Å². The second-order valence-corrected chi connectivity index (χ2v) is 7.76. The monoisotopic (exact) mass is 391 g/mol. The largest absolute Gasteiger partial charge is 0.493 e. The lowest BCUT2D eigenvalue weighted by atomic mass is 9.95. The molecule has 1 aliphatic heterocycles. The topological polar surface area (TPSA) is 76.5 Å². The second-order valence-electron chi connectivity index (χ2n) is 7.76. The van der Waals surface area contributed by atoms with Gasteiger partial charge in [0.05, 0.1) is 25.5 Å². The molecule has 29 heavy (non-hydrogen) atoms. The number of hydrogen-bond donors (Lipinski definition) is 2. The molecule has 1 aliphatic rings. The van der Waals surface area contributed by atoms with Crippen LogP contribution in [0, 0.1) is 0 Å². The first-order valence-corrected chi connectivity index (χ1v) is 10.0. The first-order chi connectivity index (χ1) is 14.2. The Morgan fingerprint density at radius 3 is 2.93 bits per heavy atom. The number of nitrogens with one attached hydrogen (secondary N) is 2. The van der Waals surface area contributed by atoms with Gasteiger partial charge >= 0.3 is 0 Å². The Bertz CT molecular complexity index is 1170. The third-order valence-corrected chi connectivity index (χ3v) is 5.59. The number of hydrogen-bond acceptors (Lipinski definition) is 5. The summed E-state index contributed by atoms with van der Waals surface area (Å²) in [5, 5.41) is 8.96. The Labute approximate surface area is 169 Å². The van der Waals surface area contributed by atoms with Gasteiger partial charge in [0.25, 0.3) is 0 Å². The van der Waals surface area contributed by atoms with Crippen LogP contribution in [-0.4, -0.2) is 46.4 Å². The number of aromatic nitrogens is 4. The molecule has 1 atom stereocenters. The smallest absolute Gasteiger partial charge is 0.197 e. The molecule has 0 bridgehead atoms. The van der Waals surface area contributed by atoms with E-state index in [1.54, 1.807) is 18.0 Å². The molecule has 1 fully saturated rings. The van der Waals surface area contributed by atoms with E-state index in [0.717, 1.165) is 36.5 Å². The number of methoxy groups -OCH3 is 1. The van der Waals surface area contributed by atoms with Crippen molar-refractivity contribution in [3.63, 3.8) is 0 Å². The van der Waals surface area contributed by atoms with E-state index in [9.17, 15) is 0 Å². The van der Waals surface area contributed by atoms with Gasteiger partial charge < -0.3 is 19.8 Å². The summed E-state index contributed by atoms with van der Waals surface area (Å²) in [6, 6.07) is 8.61. The van der Waals surface area contributed by atoms with Gasteiger partial charge in [-0.3, -0.25) is 0 Å². The Balaban J connectivity index is 1.68. The molecule has 7 heteroatoms.